The molecule has 1 aromatic rings. The first-order valence-corrected chi connectivity index (χ1v) is 7.75. The molecule has 2 rings (SSSR count). The van der Waals surface area contributed by atoms with E-state index in [2.05, 4.69) is 4.98 Å². The molecule has 132 valence electrons. The molecule has 1 fully saturated rings. The Kier molecular flexibility index (Phi) is 6.39. The summed E-state index contributed by atoms with van der Waals surface area (Å²) in [4.78, 5) is 46.4. The van der Waals surface area contributed by atoms with Crippen molar-refractivity contribution in [3.63, 3.8) is 0 Å². The van der Waals surface area contributed by atoms with Gasteiger partial charge >= 0.3 is 13.5 Å². The molecule has 12 nitrogen and oxygen atoms in total. The van der Waals surface area contributed by atoms with E-state index in [9.17, 15) is 19.8 Å². The molecule has 2 heterocycles. The van der Waals surface area contributed by atoms with Gasteiger partial charge in [0, 0.05) is 11.8 Å². The number of aliphatic hydroxyl groups excluding tert-OH is 3. The topological polar surface area (TPSA) is 203 Å². The first kappa shape index (κ1) is 19.7. The highest BCUT2D eigenvalue weighted by molar-refractivity contribution is 7.45. The number of nitrogens with zero attached hydrogens (tertiary/aromatic N) is 1. The lowest BCUT2D eigenvalue weighted by Crippen LogP contribution is -2.38. The molecule has 0 aliphatic carbocycles. The molecule has 0 radical (unpaired) electrons. The van der Waals surface area contributed by atoms with Gasteiger partial charge in [-0.1, -0.05) is 0 Å². The summed E-state index contributed by atoms with van der Waals surface area (Å²) in [5, 5.41) is 28.3. The fraction of sp³-hybridized carbons (Fsp3) is 0.600. The second-order valence-corrected chi connectivity index (χ2v) is 5.75. The first-order chi connectivity index (χ1) is 10.5. The third-order valence-electron chi connectivity index (χ3n) is 2.94. The Labute approximate surface area is 128 Å². The maximum atomic E-state index is 11.6. The summed E-state index contributed by atoms with van der Waals surface area (Å²) < 4.78 is 15.1. The first-order valence-electron chi connectivity index (χ1n) is 6.18. The van der Waals surface area contributed by atoms with Gasteiger partial charge in [-0.05, 0) is 6.92 Å². The number of hydrogen-bond donors (Lipinski definition) is 7. The Morgan fingerprint density at radius 1 is 1.26 bits per heavy atom. The highest BCUT2D eigenvalue weighted by atomic mass is 31.2. The van der Waals surface area contributed by atoms with E-state index in [1.54, 1.807) is 0 Å². The monoisotopic (exact) mass is 356 g/mol. The predicted octanol–water partition coefficient (Wildman–Crippen LogP) is -3.47. The summed E-state index contributed by atoms with van der Waals surface area (Å²) in [7, 11) is -4.64. The molecule has 1 aliphatic heterocycles. The van der Waals surface area contributed by atoms with Crippen molar-refractivity contribution in [2.24, 2.45) is 0 Å². The smallest absolute Gasteiger partial charge is 0.394 e. The van der Waals surface area contributed by atoms with Crippen molar-refractivity contribution in [3.05, 3.63) is 32.6 Å². The van der Waals surface area contributed by atoms with Crippen LogP contribution in [-0.2, 0) is 9.30 Å². The molecule has 0 unspecified atom stereocenters. The molecule has 0 amide bonds. The number of aromatic nitrogens is 2. The average Bonchev–Trinajstić information content (AvgIpc) is 2.69. The van der Waals surface area contributed by atoms with Gasteiger partial charge < -0.3 is 34.7 Å². The normalized spacial score (nSPS) is 27.4. The molecule has 0 aromatic carbocycles. The number of nitrogens with one attached hydrogen (secondary N) is 1. The van der Waals surface area contributed by atoms with Crippen molar-refractivity contribution in [2.45, 2.75) is 31.5 Å². The van der Waals surface area contributed by atoms with Crippen molar-refractivity contribution in [1.29, 1.82) is 0 Å². The lowest BCUT2D eigenvalue weighted by Gasteiger charge is -2.17. The van der Waals surface area contributed by atoms with E-state index in [0.717, 1.165) is 4.57 Å². The van der Waals surface area contributed by atoms with Crippen molar-refractivity contribution < 1.29 is 39.3 Å². The third-order valence-corrected chi connectivity index (χ3v) is 2.94. The van der Waals surface area contributed by atoms with Gasteiger partial charge in [0.05, 0.1) is 6.61 Å². The number of phosphoric acid groups is 1. The largest absolute Gasteiger partial charge is 0.466 e. The average molecular weight is 356 g/mol. The number of aryl methyl sites for hydroxylation is 1. The van der Waals surface area contributed by atoms with Gasteiger partial charge in [-0.2, -0.15) is 0 Å². The van der Waals surface area contributed by atoms with Gasteiger partial charge in [-0.25, -0.2) is 9.36 Å². The molecule has 4 atom stereocenters. The van der Waals surface area contributed by atoms with Crippen LogP contribution in [0.2, 0.25) is 0 Å². The molecule has 7 N–H and O–H groups in total. The highest BCUT2D eigenvalue weighted by Gasteiger charge is 2.43. The second-order valence-electron chi connectivity index (χ2n) is 4.72. The van der Waals surface area contributed by atoms with Crippen molar-refractivity contribution in [3.8, 4) is 0 Å². The Morgan fingerprint density at radius 3 is 2.22 bits per heavy atom. The number of ether oxygens (including phenoxy) is 1. The molecule has 0 saturated carbocycles. The van der Waals surface area contributed by atoms with E-state index in [1.807, 2.05) is 0 Å². The van der Waals surface area contributed by atoms with Crippen LogP contribution in [0, 0.1) is 6.92 Å². The van der Waals surface area contributed by atoms with E-state index >= 15 is 0 Å². The summed E-state index contributed by atoms with van der Waals surface area (Å²) in [5.74, 6) is 0. The van der Waals surface area contributed by atoms with Crippen LogP contribution in [0.15, 0.2) is 15.8 Å². The van der Waals surface area contributed by atoms with E-state index in [-0.39, 0.29) is 5.56 Å². The van der Waals surface area contributed by atoms with Crippen molar-refractivity contribution in [1.82, 2.24) is 9.55 Å². The minimum absolute atomic E-state index is 0.271. The number of hydrogen-bond acceptors (Lipinski definition) is 7. The van der Waals surface area contributed by atoms with Crippen LogP contribution in [0.5, 0.6) is 0 Å². The molecule has 1 aliphatic rings. The lowest BCUT2D eigenvalue weighted by atomic mass is 10.1. The molecule has 1 saturated heterocycles. The molecular weight excluding hydrogens is 339 g/mol. The van der Waals surface area contributed by atoms with E-state index in [4.69, 9.17) is 29.1 Å². The van der Waals surface area contributed by atoms with Crippen LogP contribution in [0.4, 0.5) is 0 Å². The van der Waals surface area contributed by atoms with Crippen LogP contribution < -0.4 is 11.2 Å². The fourth-order valence-electron chi connectivity index (χ4n) is 1.88. The summed E-state index contributed by atoms with van der Waals surface area (Å²) in [6.45, 7) is 1.02. The number of H-pyrrole nitrogens is 1. The van der Waals surface area contributed by atoms with Gasteiger partial charge in [-0.3, -0.25) is 14.3 Å². The predicted molar refractivity (Wildman–Crippen MR) is 73.3 cm³/mol. The minimum Gasteiger partial charge on any atom is -0.394 e. The zero-order valence-electron chi connectivity index (χ0n) is 11.8. The van der Waals surface area contributed by atoms with Crippen LogP contribution in [0.1, 0.15) is 11.8 Å². The Balaban J connectivity index is 0.000000463. The summed E-state index contributed by atoms with van der Waals surface area (Å²) in [6, 6.07) is 0. The number of rotatable bonds is 2. The third kappa shape index (κ3) is 5.34. The standard InChI is InChI=1S/C10H14N2O6.H3O4P/c1-4-2-12(10(17)11-8(4)16)9-7(15)6(14)5(3-13)18-9;1-5(2,3)4/h2,5-7,9,13-15H,3H2,1H3,(H,11,16,17);(H3,1,2,3,4)/t5-,6-,7-,9-;/m1./s1. The van der Waals surface area contributed by atoms with Crippen LogP contribution in [0.3, 0.4) is 0 Å². The van der Waals surface area contributed by atoms with Crippen LogP contribution in [0.25, 0.3) is 0 Å². The summed E-state index contributed by atoms with van der Waals surface area (Å²) >= 11 is 0. The Hall–Kier alpha value is -1.37. The van der Waals surface area contributed by atoms with Gasteiger partial charge in [0.15, 0.2) is 6.23 Å². The number of aliphatic hydroxyl groups is 3. The maximum absolute atomic E-state index is 11.6. The van der Waals surface area contributed by atoms with Crippen LogP contribution in [-0.4, -0.2) is 64.5 Å². The summed E-state index contributed by atoms with van der Waals surface area (Å²) in [5.41, 5.74) is -1.00. The van der Waals surface area contributed by atoms with E-state index in [0.29, 0.717) is 0 Å². The molecular formula is C10H17N2O10P. The molecule has 0 bridgehead atoms. The number of aromatic amines is 1. The van der Waals surface area contributed by atoms with E-state index < -0.39 is 50.2 Å². The van der Waals surface area contributed by atoms with Crippen molar-refractivity contribution in [2.75, 3.05) is 6.61 Å². The zero-order chi connectivity index (χ0) is 17.9. The van der Waals surface area contributed by atoms with Gasteiger partial charge in [0.2, 0.25) is 0 Å². The molecule has 13 heteroatoms. The quantitative estimate of drug-likeness (QED) is 0.261. The summed E-state index contributed by atoms with van der Waals surface area (Å²) in [6.07, 6.45) is -3.52. The van der Waals surface area contributed by atoms with Gasteiger partial charge in [0.25, 0.3) is 5.56 Å². The minimum atomic E-state index is -4.64. The van der Waals surface area contributed by atoms with Gasteiger partial charge in [-0.15, -0.1) is 0 Å². The van der Waals surface area contributed by atoms with Crippen molar-refractivity contribution >= 4 is 7.82 Å². The second kappa shape index (κ2) is 7.47. The zero-order valence-corrected chi connectivity index (χ0v) is 12.7. The van der Waals surface area contributed by atoms with E-state index in [1.165, 1.54) is 13.1 Å². The fourth-order valence-corrected chi connectivity index (χ4v) is 1.88. The Morgan fingerprint density at radius 2 is 1.78 bits per heavy atom. The lowest BCUT2D eigenvalue weighted by molar-refractivity contribution is -0.0551. The van der Waals surface area contributed by atoms with Gasteiger partial charge in [0.1, 0.15) is 18.3 Å². The highest BCUT2D eigenvalue weighted by Crippen LogP contribution is 2.28. The SMILES string of the molecule is Cc1cn([C@@H]2O[C@H](CO)[C@@H](O)[C@H]2O)c(=O)[nH]c1=O.O=P(O)(O)O. The molecule has 1 aromatic heterocycles. The maximum Gasteiger partial charge on any atom is 0.466 e. The Bertz CT molecular complexity index is 685. The van der Waals surface area contributed by atoms with Crippen LogP contribution >= 0.6 is 7.82 Å². The molecule has 23 heavy (non-hydrogen) atoms. The molecule has 0 spiro atoms.